The Morgan fingerprint density at radius 3 is 2.32 bits per heavy atom. The molecule has 1 aromatic rings. The van der Waals surface area contributed by atoms with Crippen LogP contribution >= 0.6 is 0 Å². The molecule has 3 N–H and O–H groups in total. The van der Waals surface area contributed by atoms with Crippen molar-refractivity contribution in [2.24, 2.45) is 0 Å². The van der Waals surface area contributed by atoms with Gasteiger partial charge in [-0.25, -0.2) is 17.9 Å². The highest BCUT2D eigenvalue weighted by atomic mass is 32.2. The minimum absolute atomic E-state index is 0.00260. The Kier molecular flexibility index (Phi) is 5.13. The maximum absolute atomic E-state index is 11.8. The summed E-state index contributed by atoms with van der Waals surface area (Å²) in [5, 5.41) is 11.6. The minimum Gasteiger partial charge on any atom is -0.508 e. The fraction of sp³-hybridized carbons (Fsp3) is 0.364. The van der Waals surface area contributed by atoms with Gasteiger partial charge in [0.1, 0.15) is 5.75 Å². The number of phenols is 1. The molecule has 106 valence electrons. The van der Waals surface area contributed by atoms with Crippen molar-refractivity contribution in [3.05, 3.63) is 24.3 Å². The average molecular weight is 287 g/mol. The summed E-state index contributed by atoms with van der Waals surface area (Å²) in [6, 6.07) is 4.90. The molecule has 0 saturated heterocycles. The molecule has 2 amide bonds. The Labute approximate surface area is 112 Å². The second-order valence-corrected chi connectivity index (χ2v) is 5.78. The summed E-state index contributed by atoms with van der Waals surface area (Å²) in [4.78, 5) is 12.6. The number of rotatable bonds is 5. The summed E-state index contributed by atoms with van der Waals surface area (Å²) in [7, 11) is -0.435. The van der Waals surface area contributed by atoms with Gasteiger partial charge in [0, 0.05) is 27.2 Å². The molecule has 19 heavy (non-hydrogen) atoms. The number of amides is 2. The molecule has 0 aliphatic rings. The summed E-state index contributed by atoms with van der Waals surface area (Å²) in [5.41, 5.74) is 0. The number of carbonyl (C=O) groups excluding carboxylic acids is 1. The zero-order valence-corrected chi connectivity index (χ0v) is 11.6. The van der Waals surface area contributed by atoms with Crippen molar-refractivity contribution in [1.82, 2.24) is 14.9 Å². The molecule has 1 aromatic carbocycles. The maximum Gasteiger partial charge on any atom is 0.316 e. The van der Waals surface area contributed by atoms with Crippen LogP contribution in [0.25, 0.3) is 0 Å². The standard InChI is InChI=1S/C11H17N3O4S/c1-14(2)11(16)12-7-8-13-19(17,18)10-5-3-9(15)4-6-10/h3-6,13,15H,7-8H2,1-2H3,(H,12,16). The van der Waals surface area contributed by atoms with Crippen LogP contribution in [0.15, 0.2) is 29.2 Å². The van der Waals surface area contributed by atoms with E-state index in [1.807, 2.05) is 0 Å². The third-order valence-corrected chi connectivity index (χ3v) is 3.72. The Hall–Kier alpha value is -1.80. The summed E-state index contributed by atoms with van der Waals surface area (Å²) in [6.45, 7) is 0.275. The van der Waals surface area contributed by atoms with E-state index in [-0.39, 0.29) is 29.8 Å². The third-order valence-electron chi connectivity index (χ3n) is 2.25. The molecule has 0 bridgehead atoms. The molecule has 0 spiro atoms. The van der Waals surface area contributed by atoms with Gasteiger partial charge in [0.15, 0.2) is 0 Å². The smallest absolute Gasteiger partial charge is 0.316 e. The molecular weight excluding hydrogens is 270 g/mol. The van der Waals surface area contributed by atoms with Crippen LogP contribution in [0.1, 0.15) is 0 Å². The van der Waals surface area contributed by atoms with E-state index >= 15 is 0 Å². The number of carbonyl (C=O) groups is 1. The van der Waals surface area contributed by atoms with E-state index in [0.717, 1.165) is 0 Å². The van der Waals surface area contributed by atoms with Gasteiger partial charge < -0.3 is 15.3 Å². The molecule has 0 fully saturated rings. The molecule has 0 unspecified atom stereocenters. The van der Waals surface area contributed by atoms with Crippen molar-refractivity contribution in [2.75, 3.05) is 27.2 Å². The molecule has 1 rings (SSSR count). The van der Waals surface area contributed by atoms with Gasteiger partial charge in [-0.1, -0.05) is 0 Å². The van der Waals surface area contributed by atoms with E-state index in [1.165, 1.54) is 29.2 Å². The van der Waals surface area contributed by atoms with Gasteiger partial charge in [-0.3, -0.25) is 0 Å². The van der Waals surface area contributed by atoms with E-state index in [0.29, 0.717) is 0 Å². The van der Waals surface area contributed by atoms with Crippen LogP contribution in [0.4, 0.5) is 4.79 Å². The van der Waals surface area contributed by atoms with E-state index in [9.17, 15) is 13.2 Å². The van der Waals surface area contributed by atoms with Gasteiger partial charge in [-0.2, -0.15) is 0 Å². The predicted molar refractivity (Wildman–Crippen MR) is 70.4 cm³/mol. The molecular formula is C11H17N3O4S. The van der Waals surface area contributed by atoms with Crippen LogP contribution in [0.3, 0.4) is 0 Å². The Morgan fingerprint density at radius 1 is 1.21 bits per heavy atom. The van der Waals surface area contributed by atoms with E-state index in [1.54, 1.807) is 14.1 Å². The SMILES string of the molecule is CN(C)C(=O)NCCNS(=O)(=O)c1ccc(O)cc1. The minimum atomic E-state index is -3.62. The molecule has 0 radical (unpaired) electrons. The van der Waals surface area contributed by atoms with Gasteiger partial charge in [0.2, 0.25) is 10.0 Å². The molecule has 0 atom stereocenters. The maximum atomic E-state index is 11.8. The first kappa shape index (κ1) is 15.3. The van der Waals surface area contributed by atoms with Crippen LogP contribution in [0.5, 0.6) is 5.75 Å². The topological polar surface area (TPSA) is 98.7 Å². The lowest BCUT2D eigenvalue weighted by atomic mass is 10.3. The first-order valence-electron chi connectivity index (χ1n) is 5.57. The van der Waals surface area contributed by atoms with Crippen molar-refractivity contribution in [3.63, 3.8) is 0 Å². The fourth-order valence-corrected chi connectivity index (χ4v) is 2.25. The Balaban J connectivity index is 2.48. The largest absolute Gasteiger partial charge is 0.508 e. The van der Waals surface area contributed by atoms with Crippen molar-refractivity contribution in [2.45, 2.75) is 4.90 Å². The highest BCUT2D eigenvalue weighted by Crippen LogP contribution is 2.13. The van der Waals surface area contributed by atoms with Crippen LogP contribution in [-0.4, -0.2) is 51.6 Å². The average Bonchev–Trinajstić information content (AvgIpc) is 2.34. The molecule has 0 saturated carbocycles. The lowest BCUT2D eigenvalue weighted by molar-refractivity contribution is 0.217. The lowest BCUT2D eigenvalue weighted by Crippen LogP contribution is -2.39. The van der Waals surface area contributed by atoms with Gasteiger partial charge in [0.05, 0.1) is 4.90 Å². The van der Waals surface area contributed by atoms with Crippen LogP contribution in [0, 0.1) is 0 Å². The Morgan fingerprint density at radius 2 is 1.79 bits per heavy atom. The van der Waals surface area contributed by atoms with Gasteiger partial charge in [0.25, 0.3) is 0 Å². The molecule has 0 aromatic heterocycles. The van der Waals surface area contributed by atoms with Gasteiger partial charge in [-0.05, 0) is 24.3 Å². The second-order valence-electron chi connectivity index (χ2n) is 4.02. The van der Waals surface area contributed by atoms with Crippen molar-refractivity contribution in [1.29, 1.82) is 0 Å². The number of nitrogens with one attached hydrogen (secondary N) is 2. The van der Waals surface area contributed by atoms with Gasteiger partial charge in [-0.15, -0.1) is 0 Å². The first-order valence-corrected chi connectivity index (χ1v) is 7.05. The first-order chi connectivity index (χ1) is 8.83. The second kappa shape index (κ2) is 6.39. The van der Waals surface area contributed by atoms with Crippen LogP contribution in [-0.2, 0) is 10.0 Å². The zero-order valence-electron chi connectivity index (χ0n) is 10.8. The quantitative estimate of drug-likeness (QED) is 0.661. The predicted octanol–water partition coefficient (Wildman–Crippen LogP) is -0.0583. The number of benzene rings is 1. The molecule has 8 heteroatoms. The van der Waals surface area contributed by atoms with E-state index in [2.05, 4.69) is 10.0 Å². The highest BCUT2D eigenvalue weighted by molar-refractivity contribution is 7.89. The number of phenolic OH excluding ortho intramolecular Hbond substituents is 1. The summed E-state index contributed by atoms with van der Waals surface area (Å²) < 4.78 is 26.0. The number of aromatic hydroxyl groups is 1. The lowest BCUT2D eigenvalue weighted by Gasteiger charge is -2.12. The van der Waals surface area contributed by atoms with Gasteiger partial charge >= 0.3 is 6.03 Å². The highest BCUT2D eigenvalue weighted by Gasteiger charge is 2.13. The molecule has 0 heterocycles. The zero-order chi connectivity index (χ0) is 14.5. The van der Waals surface area contributed by atoms with Crippen molar-refractivity contribution < 1.29 is 18.3 Å². The monoisotopic (exact) mass is 287 g/mol. The molecule has 7 nitrogen and oxygen atoms in total. The molecule has 0 aliphatic carbocycles. The number of nitrogens with zero attached hydrogens (tertiary/aromatic N) is 1. The summed E-state index contributed by atoms with van der Waals surface area (Å²) >= 11 is 0. The summed E-state index contributed by atoms with van der Waals surface area (Å²) in [6.07, 6.45) is 0. The normalized spacial score (nSPS) is 11.1. The number of urea groups is 1. The summed E-state index contributed by atoms with van der Waals surface area (Å²) in [5.74, 6) is -0.00260. The van der Waals surface area contributed by atoms with Crippen LogP contribution < -0.4 is 10.0 Å². The van der Waals surface area contributed by atoms with E-state index < -0.39 is 10.0 Å². The van der Waals surface area contributed by atoms with Crippen LogP contribution in [0.2, 0.25) is 0 Å². The third kappa shape index (κ3) is 4.76. The van der Waals surface area contributed by atoms with E-state index in [4.69, 9.17) is 5.11 Å². The number of hydrogen-bond acceptors (Lipinski definition) is 4. The number of sulfonamides is 1. The number of hydrogen-bond donors (Lipinski definition) is 3. The fourth-order valence-electron chi connectivity index (χ4n) is 1.22. The van der Waals surface area contributed by atoms with Crippen molar-refractivity contribution in [3.8, 4) is 5.75 Å². The molecule has 0 aliphatic heterocycles. The van der Waals surface area contributed by atoms with Crippen molar-refractivity contribution >= 4 is 16.1 Å². The Bertz CT molecular complexity index is 525.